The van der Waals surface area contributed by atoms with Crippen LogP contribution in [0.5, 0.6) is 5.75 Å². The van der Waals surface area contributed by atoms with Crippen molar-refractivity contribution in [1.82, 2.24) is 15.2 Å². The molecular formula is C21H25N3O4. The molecule has 1 aliphatic carbocycles. The molecule has 3 rings (SSSR count). The largest absolute Gasteiger partial charge is 0.496 e. The van der Waals surface area contributed by atoms with Crippen molar-refractivity contribution in [2.45, 2.75) is 38.8 Å². The Morgan fingerprint density at radius 3 is 2.54 bits per heavy atom. The standard InChI is InChI=1S/C21H25N3O4/c1-13-9-14(7-8-18(13)28-3)11-24-12-15(19(25)23-16-5-4-6-16)10-17(21(24)27)20(26)22-2/h7-10,12,16H,4-6,11H2,1-3H3,(H,22,26)(H,23,25). The second-order valence-corrected chi connectivity index (χ2v) is 7.06. The van der Waals surface area contributed by atoms with Crippen LogP contribution in [-0.4, -0.2) is 36.6 Å². The minimum absolute atomic E-state index is 0.0472. The summed E-state index contributed by atoms with van der Waals surface area (Å²) >= 11 is 0. The van der Waals surface area contributed by atoms with E-state index in [1.54, 1.807) is 7.11 Å². The van der Waals surface area contributed by atoms with Crippen molar-refractivity contribution in [2.75, 3.05) is 14.2 Å². The van der Waals surface area contributed by atoms with Crippen LogP contribution in [-0.2, 0) is 6.54 Å². The van der Waals surface area contributed by atoms with Crippen LogP contribution in [0.15, 0.2) is 35.3 Å². The van der Waals surface area contributed by atoms with E-state index in [-0.39, 0.29) is 24.1 Å². The number of nitrogens with zero attached hydrogens (tertiary/aromatic N) is 1. The molecular weight excluding hydrogens is 358 g/mol. The number of aryl methyl sites for hydroxylation is 1. The predicted molar refractivity (Wildman–Crippen MR) is 106 cm³/mol. The molecule has 1 aromatic carbocycles. The number of carbonyl (C=O) groups is 2. The van der Waals surface area contributed by atoms with Gasteiger partial charge in [0.1, 0.15) is 11.3 Å². The van der Waals surface area contributed by atoms with Gasteiger partial charge < -0.3 is 19.9 Å². The van der Waals surface area contributed by atoms with Gasteiger partial charge >= 0.3 is 0 Å². The Kier molecular flexibility index (Phi) is 5.82. The van der Waals surface area contributed by atoms with Gasteiger partial charge in [0.15, 0.2) is 0 Å². The Morgan fingerprint density at radius 1 is 1.21 bits per heavy atom. The van der Waals surface area contributed by atoms with E-state index in [4.69, 9.17) is 4.74 Å². The second-order valence-electron chi connectivity index (χ2n) is 7.06. The van der Waals surface area contributed by atoms with Crippen LogP contribution in [0.3, 0.4) is 0 Å². The van der Waals surface area contributed by atoms with E-state index in [0.29, 0.717) is 5.56 Å². The molecule has 1 aromatic heterocycles. The van der Waals surface area contributed by atoms with Gasteiger partial charge in [-0.15, -0.1) is 0 Å². The lowest BCUT2D eigenvalue weighted by Gasteiger charge is -2.26. The van der Waals surface area contributed by atoms with Crippen molar-refractivity contribution in [2.24, 2.45) is 0 Å². The molecule has 1 saturated carbocycles. The van der Waals surface area contributed by atoms with Crippen molar-refractivity contribution >= 4 is 11.8 Å². The summed E-state index contributed by atoms with van der Waals surface area (Å²) in [5.74, 6) is -0.0201. The molecule has 1 heterocycles. The molecule has 2 amide bonds. The highest BCUT2D eigenvalue weighted by Crippen LogP contribution is 2.20. The zero-order valence-corrected chi connectivity index (χ0v) is 16.4. The predicted octanol–water partition coefficient (Wildman–Crippen LogP) is 1.86. The molecule has 1 aliphatic rings. The molecule has 0 atom stereocenters. The van der Waals surface area contributed by atoms with Crippen molar-refractivity contribution in [1.29, 1.82) is 0 Å². The number of amides is 2. The number of hydrogen-bond donors (Lipinski definition) is 2. The summed E-state index contributed by atoms with van der Waals surface area (Å²) in [5.41, 5.74) is 1.63. The highest BCUT2D eigenvalue weighted by Gasteiger charge is 2.22. The minimum atomic E-state index is -0.511. The second kappa shape index (κ2) is 8.29. The number of carbonyl (C=O) groups excluding carboxylic acids is 2. The lowest BCUT2D eigenvalue weighted by molar-refractivity contribution is 0.0916. The van der Waals surface area contributed by atoms with Crippen LogP contribution in [0.4, 0.5) is 0 Å². The maximum Gasteiger partial charge on any atom is 0.263 e. The van der Waals surface area contributed by atoms with Gasteiger partial charge in [-0.3, -0.25) is 14.4 Å². The van der Waals surface area contributed by atoms with Crippen molar-refractivity contribution in [3.8, 4) is 5.75 Å². The molecule has 7 nitrogen and oxygen atoms in total. The fraction of sp³-hybridized carbons (Fsp3) is 0.381. The van der Waals surface area contributed by atoms with E-state index in [2.05, 4.69) is 10.6 Å². The normalized spacial score (nSPS) is 13.5. The quantitative estimate of drug-likeness (QED) is 0.797. The summed E-state index contributed by atoms with van der Waals surface area (Å²) in [6, 6.07) is 7.15. The lowest BCUT2D eigenvalue weighted by atomic mass is 9.93. The molecule has 1 fully saturated rings. The van der Waals surface area contributed by atoms with Crippen LogP contribution >= 0.6 is 0 Å². The summed E-state index contributed by atoms with van der Waals surface area (Å²) in [6.07, 6.45) is 4.53. The van der Waals surface area contributed by atoms with Crippen molar-refractivity contribution in [3.05, 3.63) is 63.1 Å². The zero-order chi connectivity index (χ0) is 20.3. The van der Waals surface area contributed by atoms with Gasteiger partial charge in [-0.1, -0.05) is 12.1 Å². The topological polar surface area (TPSA) is 89.4 Å². The number of pyridine rings is 1. The first-order valence-corrected chi connectivity index (χ1v) is 9.34. The Hall–Kier alpha value is -3.09. The first-order valence-electron chi connectivity index (χ1n) is 9.34. The summed E-state index contributed by atoms with van der Waals surface area (Å²) in [6.45, 7) is 2.17. The number of aromatic nitrogens is 1. The highest BCUT2D eigenvalue weighted by molar-refractivity contribution is 5.99. The molecule has 28 heavy (non-hydrogen) atoms. The number of methoxy groups -OCH3 is 1. The third-order valence-corrected chi connectivity index (χ3v) is 5.07. The van der Waals surface area contributed by atoms with Crippen LogP contribution < -0.4 is 20.9 Å². The number of ether oxygens (including phenoxy) is 1. The average molecular weight is 383 g/mol. The third kappa shape index (κ3) is 4.08. The van der Waals surface area contributed by atoms with Gasteiger partial charge in [0.2, 0.25) is 0 Å². The van der Waals surface area contributed by atoms with Gasteiger partial charge in [-0.2, -0.15) is 0 Å². The Morgan fingerprint density at radius 2 is 1.96 bits per heavy atom. The Bertz CT molecular complexity index is 961. The SMILES string of the molecule is CNC(=O)c1cc(C(=O)NC2CCC2)cn(Cc2ccc(OC)c(C)c2)c1=O. The fourth-order valence-electron chi connectivity index (χ4n) is 3.23. The maximum absolute atomic E-state index is 12.8. The van der Waals surface area contributed by atoms with Crippen LogP contribution in [0.1, 0.15) is 51.1 Å². The number of hydrogen-bond acceptors (Lipinski definition) is 4. The van der Waals surface area contributed by atoms with Crippen LogP contribution in [0.2, 0.25) is 0 Å². The summed E-state index contributed by atoms with van der Waals surface area (Å²) in [5, 5.41) is 5.42. The number of rotatable bonds is 6. The average Bonchev–Trinajstić information content (AvgIpc) is 2.65. The van der Waals surface area contributed by atoms with E-state index in [1.807, 2.05) is 25.1 Å². The van der Waals surface area contributed by atoms with Gasteiger partial charge in [0.05, 0.1) is 19.2 Å². The third-order valence-electron chi connectivity index (χ3n) is 5.07. The van der Waals surface area contributed by atoms with Gasteiger partial charge in [0.25, 0.3) is 17.4 Å². The molecule has 0 aliphatic heterocycles. The Labute approximate surface area is 163 Å². The fourth-order valence-corrected chi connectivity index (χ4v) is 3.23. The molecule has 2 aromatic rings. The molecule has 7 heteroatoms. The molecule has 2 N–H and O–H groups in total. The van der Waals surface area contributed by atoms with Gasteiger partial charge in [-0.25, -0.2) is 0 Å². The number of benzene rings is 1. The first kappa shape index (κ1) is 19.7. The smallest absolute Gasteiger partial charge is 0.263 e. The van der Waals surface area contributed by atoms with E-state index in [9.17, 15) is 14.4 Å². The van der Waals surface area contributed by atoms with E-state index >= 15 is 0 Å². The number of nitrogens with one attached hydrogen (secondary N) is 2. The maximum atomic E-state index is 12.8. The molecule has 0 unspecified atom stereocenters. The van der Waals surface area contributed by atoms with Crippen LogP contribution in [0.25, 0.3) is 0 Å². The molecule has 0 radical (unpaired) electrons. The van der Waals surface area contributed by atoms with E-state index < -0.39 is 11.5 Å². The highest BCUT2D eigenvalue weighted by atomic mass is 16.5. The zero-order valence-electron chi connectivity index (χ0n) is 16.4. The van der Waals surface area contributed by atoms with E-state index in [0.717, 1.165) is 36.1 Å². The van der Waals surface area contributed by atoms with Crippen LogP contribution in [0, 0.1) is 6.92 Å². The van der Waals surface area contributed by atoms with E-state index in [1.165, 1.54) is 23.9 Å². The molecule has 0 saturated heterocycles. The first-order chi connectivity index (χ1) is 13.4. The van der Waals surface area contributed by atoms with Crippen molar-refractivity contribution < 1.29 is 14.3 Å². The lowest BCUT2D eigenvalue weighted by Crippen LogP contribution is -2.40. The summed E-state index contributed by atoms with van der Waals surface area (Å²) in [7, 11) is 3.06. The molecule has 0 spiro atoms. The molecule has 148 valence electrons. The Balaban J connectivity index is 1.97. The van der Waals surface area contributed by atoms with Gasteiger partial charge in [-0.05, 0) is 49.4 Å². The summed E-state index contributed by atoms with van der Waals surface area (Å²) in [4.78, 5) is 37.5. The van der Waals surface area contributed by atoms with Crippen molar-refractivity contribution in [3.63, 3.8) is 0 Å². The minimum Gasteiger partial charge on any atom is -0.496 e. The van der Waals surface area contributed by atoms with Gasteiger partial charge in [0, 0.05) is 19.3 Å². The summed E-state index contributed by atoms with van der Waals surface area (Å²) < 4.78 is 6.67. The monoisotopic (exact) mass is 383 g/mol. The molecule has 0 bridgehead atoms.